The highest BCUT2D eigenvalue weighted by molar-refractivity contribution is 6.35. The molecule has 7 nitrogen and oxygen atoms in total. The molecule has 2 aliphatic rings. The van der Waals surface area contributed by atoms with Gasteiger partial charge in [-0.15, -0.1) is 0 Å². The third-order valence-electron chi connectivity index (χ3n) is 5.29. The molecule has 1 fully saturated rings. The maximum atomic E-state index is 13.0. The van der Waals surface area contributed by atoms with Crippen LogP contribution in [0.5, 0.6) is 5.75 Å². The van der Waals surface area contributed by atoms with Gasteiger partial charge in [0, 0.05) is 35.7 Å². The van der Waals surface area contributed by atoms with Gasteiger partial charge in [-0.1, -0.05) is 0 Å². The number of morpholine rings is 1. The maximum Gasteiger partial charge on any atom is 0.256 e. The molecule has 0 aliphatic carbocycles. The molecule has 2 amide bonds. The molecule has 0 bridgehead atoms. The fourth-order valence-corrected chi connectivity index (χ4v) is 3.75. The number of anilines is 1. The van der Waals surface area contributed by atoms with Gasteiger partial charge in [0.15, 0.2) is 0 Å². The van der Waals surface area contributed by atoms with E-state index in [1.165, 1.54) is 0 Å². The second kappa shape index (κ2) is 7.16. The molecule has 0 atom stereocenters. The number of aromatic amines is 1. The number of nitrogens with zero attached hydrogens (tertiary/aromatic N) is 1. The zero-order chi connectivity index (χ0) is 19.8. The maximum absolute atomic E-state index is 13.0. The lowest BCUT2D eigenvalue weighted by atomic mass is 10.0. The molecule has 1 aromatic carbocycles. The number of H-pyrrole nitrogens is 1. The Labute approximate surface area is 163 Å². The van der Waals surface area contributed by atoms with Gasteiger partial charge >= 0.3 is 0 Å². The smallest absolute Gasteiger partial charge is 0.256 e. The fourth-order valence-electron chi connectivity index (χ4n) is 3.75. The SMILES string of the molecule is COc1ccc2c(c1)/C(=C/c1[nH]c(C)c(C(=O)N3CCOCC3)c1C)C(=O)N2. The third kappa shape index (κ3) is 3.07. The molecular formula is C21H23N3O4. The van der Waals surface area contributed by atoms with Gasteiger partial charge in [0.1, 0.15) is 5.75 Å². The van der Waals surface area contributed by atoms with Gasteiger partial charge in [-0.25, -0.2) is 0 Å². The molecule has 0 saturated carbocycles. The van der Waals surface area contributed by atoms with Crippen molar-refractivity contribution in [2.24, 2.45) is 0 Å². The molecule has 0 radical (unpaired) electrons. The number of carbonyl (C=O) groups excluding carboxylic acids is 2. The summed E-state index contributed by atoms with van der Waals surface area (Å²) in [7, 11) is 1.59. The Hall–Kier alpha value is -3.06. The normalized spacial score (nSPS) is 17.6. The Balaban J connectivity index is 1.72. The van der Waals surface area contributed by atoms with Crippen LogP contribution in [0.3, 0.4) is 0 Å². The van der Waals surface area contributed by atoms with E-state index in [4.69, 9.17) is 9.47 Å². The van der Waals surface area contributed by atoms with E-state index < -0.39 is 0 Å². The summed E-state index contributed by atoms with van der Waals surface area (Å²) in [5.41, 5.74) is 5.15. The second-order valence-electron chi connectivity index (χ2n) is 6.99. The zero-order valence-corrected chi connectivity index (χ0v) is 16.2. The number of hydrogen-bond donors (Lipinski definition) is 2. The third-order valence-corrected chi connectivity index (χ3v) is 5.29. The molecule has 0 spiro atoms. The van der Waals surface area contributed by atoms with Crippen LogP contribution < -0.4 is 10.1 Å². The minimum absolute atomic E-state index is 0.00265. The molecule has 3 heterocycles. The van der Waals surface area contributed by atoms with Crippen molar-refractivity contribution in [3.05, 3.63) is 46.3 Å². The predicted molar refractivity (Wildman–Crippen MR) is 106 cm³/mol. The van der Waals surface area contributed by atoms with E-state index in [-0.39, 0.29) is 11.8 Å². The van der Waals surface area contributed by atoms with Crippen LogP contribution in [0.4, 0.5) is 5.69 Å². The number of ether oxygens (including phenoxy) is 2. The van der Waals surface area contributed by atoms with Gasteiger partial charge in [0.05, 0.1) is 31.5 Å². The Morgan fingerprint density at radius 1 is 1.25 bits per heavy atom. The Morgan fingerprint density at radius 2 is 2.00 bits per heavy atom. The summed E-state index contributed by atoms with van der Waals surface area (Å²) in [6.07, 6.45) is 1.80. The van der Waals surface area contributed by atoms with E-state index in [1.54, 1.807) is 13.2 Å². The van der Waals surface area contributed by atoms with Crippen LogP contribution in [0, 0.1) is 13.8 Å². The van der Waals surface area contributed by atoms with Crippen molar-refractivity contribution in [3.8, 4) is 5.75 Å². The summed E-state index contributed by atoms with van der Waals surface area (Å²) in [5, 5.41) is 2.87. The van der Waals surface area contributed by atoms with Gasteiger partial charge < -0.3 is 24.7 Å². The highest BCUT2D eigenvalue weighted by Gasteiger charge is 2.27. The van der Waals surface area contributed by atoms with E-state index in [0.717, 1.165) is 28.2 Å². The lowest BCUT2D eigenvalue weighted by Crippen LogP contribution is -2.41. The molecule has 146 valence electrons. The van der Waals surface area contributed by atoms with Crippen LogP contribution in [0.25, 0.3) is 11.6 Å². The first-order valence-electron chi connectivity index (χ1n) is 9.27. The Bertz CT molecular complexity index is 984. The van der Waals surface area contributed by atoms with E-state index >= 15 is 0 Å². The van der Waals surface area contributed by atoms with E-state index in [0.29, 0.717) is 43.2 Å². The summed E-state index contributed by atoms with van der Waals surface area (Å²) in [5.74, 6) is 0.511. The highest BCUT2D eigenvalue weighted by atomic mass is 16.5. The van der Waals surface area contributed by atoms with Crippen LogP contribution in [0.1, 0.15) is 32.9 Å². The number of carbonyl (C=O) groups is 2. The number of amides is 2. The van der Waals surface area contributed by atoms with Crippen molar-refractivity contribution in [1.29, 1.82) is 0 Å². The molecule has 0 unspecified atom stereocenters. The molecule has 2 N–H and O–H groups in total. The summed E-state index contributed by atoms with van der Waals surface area (Å²) < 4.78 is 10.6. The van der Waals surface area contributed by atoms with Crippen LogP contribution in [0.15, 0.2) is 18.2 Å². The molecule has 2 aliphatic heterocycles. The van der Waals surface area contributed by atoms with Gasteiger partial charge in [-0.05, 0) is 43.7 Å². The monoisotopic (exact) mass is 381 g/mol. The van der Waals surface area contributed by atoms with Crippen LogP contribution in [-0.2, 0) is 9.53 Å². The van der Waals surface area contributed by atoms with E-state index in [2.05, 4.69) is 10.3 Å². The van der Waals surface area contributed by atoms with Gasteiger partial charge in [0.25, 0.3) is 11.8 Å². The lowest BCUT2D eigenvalue weighted by molar-refractivity contribution is -0.110. The summed E-state index contributed by atoms with van der Waals surface area (Å²) in [6.45, 7) is 6.09. The van der Waals surface area contributed by atoms with Crippen molar-refractivity contribution in [1.82, 2.24) is 9.88 Å². The average molecular weight is 381 g/mol. The quantitative estimate of drug-likeness (QED) is 0.801. The minimum Gasteiger partial charge on any atom is -0.497 e. The van der Waals surface area contributed by atoms with Crippen molar-refractivity contribution < 1.29 is 19.1 Å². The van der Waals surface area contributed by atoms with Gasteiger partial charge in [-0.3, -0.25) is 9.59 Å². The fraction of sp³-hybridized carbons (Fsp3) is 0.333. The minimum atomic E-state index is -0.170. The summed E-state index contributed by atoms with van der Waals surface area (Å²) >= 11 is 0. The van der Waals surface area contributed by atoms with Crippen LogP contribution >= 0.6 is 0 Å². The number of aryl methyl sites for hydroxylation is 1. The molecule has 7 heteroatoms. The van der Waals surface area contributed by atoms with Crippen molar-refractivity contribution in [2.75, 3.05) is 38.7 Å². The highest BCUT2D eigenvalue weighted by Crippen LogP contribution is 2.36. The molecular weight excluding hydrogens is 358 g/mol. The first-order valence-corrected chi connectivity index (χ1v) is 9.27. The van der Waals surface area contributed by atoms with Gasteiger partial charge in [0.2, 0.25) is 0 Å². The van der Waals surface area contributed by atoms with Crippen LogP contribution in [0.2, 0.25) is 0 Å². The number of hydrogen-bond acceptors (Lipinski definition) is 4. The number of benzene rings is 1. The zero-order valence-electron chi connectivity index (χ0n) is 16.2. The number of rotatable bonds is 3. The molecule has 1 saturated heterocycles. The lowest BCUT2D eigenvalue weighted by Gasteiger charge is -2.27. The number of nitrogens with one attached hydrogen (secondary N) is 2. The number of fused-ring (bicyclic) bond motifs is 1. The van der Waals surface area contributed by atoms with E-state index in [9.17, 15) is 9.59 Å². The first-order chi connectivity index (χ1) is 13.5. The number of aromatic nitrogens is 1. The predicted octanol–water partition coefficient (Wildman–Crippen LogP) is 2.61. The Kier molecular flexibility index (Phi) is 4.68. The molecule has 2 aromatic rings. The standard InChI is InChI=1S/C21H23N3O4/c1-12-18(22-13(2)19(12)21(26)24-6-8-28-9-7-24)11-16-15-10-14(27-3)4-5-17(15)23-20(16)25/h4-5,10-11,22H,6-9H2,1-3H3,(H,23,25)/b16-11-. The average Bonchev–Trinajstić information content (AvgIpc) is 3.17. The molecule has 4 rings (SSSR count). The molecule has 28 heavy (non-hydrogen) atoms. The van der Waals surface area contributed by atoms with Crippen molar-refractivity contribution in [3.63, 3.8) is 0 Å². The number of methoxy groups -OCH3 is 1. The summed E-state index contributed by atoms with van der Waals surface area (Å²) in [4.78, 5) is 30.6. The van der Waals surface area contributed by atoms with Crippen LogP contribution in [-0.4, -0.2) is 55.1 Å². The Morgan fingerprint density at radius 3 is 2.71 bits per heavy atom. The van der Waals surface area contributed by atoms with Crippen molar-refractivity contribution >= 4 is 29.2 Å². The second-order valence-corrected chi connectivity index (χ2v) is 6.99. The molecule has 1 aromatic heterocycles. The van der Waals surface area contributed by atoms with E-state index in [1.807, 2.05) is 36.9 Å². The van der Waals surface area contributed by atoms with Gasteiger partial charge in [-0.2, -0.15) is 0 Å². The van der Waals surface area contributed by atoms with Crippen molar-refractivity contribution in [2.45, 2.75) is 13.8 Å². The first kappa shape index (κ1) is 18.3. The summed E-state index contributed by atoms with van der Waals surface area (Å²) in [6, 6.07) is 5.47. The largest absolute Gasteiger partial charge is 0.497 e. The topological polar surface area (TPSA) is 83.7 Å².